The quantitative estimate of drug-likeness (QED) is 0.939. The average Bonchev–Trinajstić information content (AvgIpc) is 2.62. The monoisotopic (exact) mass is 324 g/mol. The summed E-state index contributed by atoms with van der Waals surface area (Å²) in [5.74, 6) is 0.0584. The molecule has 1 N–H and O–H groups in total. The summed E-state index contributed by atoms with van der Waals surface area (Å²) >= 11 is 0. The molecule has 1 aliphatic rings. The SMILES string of the molecule is CCc1ccccc1Nc1cncc(C(=O)N2CCN(C)CC2)c1. The minimum atomic E-state index is 0.0584. The van der Waals surface area contributed by atoms with Crippen LogP contribution in [0.4, 0.5) is 11.4 Å². The van der Waals surface area contributed by atoms with Crippen molar-refractivity contribution in [2.75, 3.05) is 38.5 Å². The number of aryl methyl sites for hydroxylation is 1. The summed E-state index contributed by atoms with van der Waals surface area (Å²) in [6.07, 6.45) is 4.36. The minimum Gasteiger partial charge on any atom is -0.354 e. The van der Waals surface area contributed by atoms with E-state index in [1.165, 1.54) is 5.56 Å². The number of hydrogen-bond acceptors (Lipinski definition) is 4. The van der Waals surface area contributed by atoms with Crippen molar-refractivity contribution in [2.24, 2.45) is 0 Å². The number of aromatic nitrogens is 1. The Morgan fingerprint density at radius 3 is 2.67 bits per heavy atom. The number of rotatable bonds is 4. The number of pyridine rings is 1. The van der Waals surface area contributed by atoms with Crippen LogP contribution in [0.1, 0.15) is 22.8 Å². The van der Waals surface area contributed by atoms with Gasteiger partial charge in [0.15, 0.2) is 0 Å². The molecule has 5 heteroatoms. The molecule has 2 aromatic rings. The Bertz CT molecular complexity index is 708. The van der Waals surface area contributed by atoms with E-state index in [0.29, 0.717) is 5.56 Å². The number of nitrogens with one attached hydrogen (secondary N) is 1. The van der Waals surface area contributed by atoms with Crippen molar-refractivity contribution in [1.82, 2.24) is 14.8 Å². The van der Waals surface area contributed by atoms with Gasteiger partial charge in [-0.1, -0.05) is 25.1 Å². The Kier molecular flexibility index (Phi) is 5.11. The van der Waals surface area contributed by atoms with Gasteiger partial charge in [0.25, 0.3) is 5.91 Å². The van der Waals surface area contributed by atoms with Gasteiger partial charge in [-0.25, -0.2) is 0 Å². The van der Waals surface area contributed by atoms with Gasteiger partial charge in [-0.2, -0.15) is 0 Å². The molecule has 0 radical (unpaired) electrons. The molecule has 3 rings (SSSR count). The van der Waals surface area contributed by atoms with E-state index >= 15 is 0 Å². The molecule has 126 valence electrons. The maximum absolute atomic E-state index is 12.7. The first kappa shape index (κ1) is 16.5. The number of para-hydroxylation sites is 1. The minimum absolute atomic E-state index is 0.0584. The summed E-state index contributed by atoms with van der Waals surface area (Å²) in [6, 6.07) is 10.1. The van der Waals surface area contributed by atoms with E-state index < -0.39 is 0 Å². The zero-order chi connectivity index (χ0) is 16.9. The second-order valence-corrected chi connectivity index (χ2v) is 6.19. The highest BCUT2D eigenvalue weighted by Gasteiger charge is 2.20. The van der Waals surface area contributed by atoms with Crippen LogP contribution in [0.5, 0.6) is 0 Å². The third-order valence-electron chi connectivity index (χ3n) is 4.45. The first-order valence-corrected chi connectivity index (χ1v) is 8.45. The molecule has 0 saturated carbocycles. The number of benzene rings is 1. The van der Waals surface area contributed by atoms with Gasteiger partial charge in [-0.3, -0.25) is 9.78 Å². The average molecular weight is 324 g/mol. The van der Waals surface area contributed by atoms with E-state index in [1.807, 2.05) is 29.2 Å². The lowest BCUT2D eigenvalue weighted by atomic mass is 10.1. The van der Waals surface area contributed by atoms with Crippen LogP contribution < -0.4 is 5.32 Å². The Morgan fingerprint density at radius 2 is 1.92 bits per heavy atom. The summed E-state index contributed by atoms with van der Waals surface area (Å²) in [4.78, 5) is 21.1. The van der Waals surface area contributed by atoms with E-state index in [1.54, 1.807) is 12.4 Å². The number of amides is 1. The van der Waals surface area contributed by atoms with Crippen LogP contribution in [0.2, 0.25) is 0 Å². The molecule has 2 heterocycles. The maximum atomic E-state index is 12.7. The van der Waals surface area contributed by atoms with Crippen LogP contribution in [0.3, 0.4) is 0 Å². The van der Waals surface area contributed by atoms with Gasteiger partial charge in [-0.05, 0) is 31.2 Å². The lowest BCUT2D eigenvalue weighted by molar-refractivity contribution is 0.0663. The molecule has 1 aliphatic heterocycles. The lowest BCUT2D eigenvalue weighted by Crippen LogP contribution is -2.47. The van der Waals surface area contributed by atoms with Crippen LogP contribution in [0.15, 0.2) is 42.7 Å². The molecule has 0 bridgehead atoms. The van der Waals surface area contributed by atoms with Crippen molar-refractivity contribution in [2.45, 2.75) is 13.3 Å². The van der Waals surface area contributed by atoms with Crippen LogP contribution >= 0.6 is 0 Å². The van der Waals surface area contributed by atoms with Crippen molar-refractivity contribution in [3.05, 3.63) is 53.9 Å². The fourth-order valence-corrected chi connectivity index (χ4v) is 2.92. The zero-order valence-electron chi connectivity index (χ0n) is 14.3. The number of hydrogen-bond donors (Lipinski definition) is 1. The number of nitrogens with zero attached hydrogens (tertiary/aromatic N) is 3. The summed E-state index contributed by atoms with van der Waals surface area (Å²) in [5.41, 5.74) is 3.79. The van der Waals surface area contributed by atoms with Crippen LogP contribution in [0.25, 0.3) is 0 Å². The molecule has 1 saturated heterocycles. The van der Waals surface area contributed by atoms with E-state index in [9.17, 15) is 4.79 Å². The van der Waals surface area contributed by atoms with Gasteiger partial charge < -0.3 is 15.1 Å². The molecule has 24 heavy (non-hydrogen) atoms. The Balaban J connectivity index is 1.75. The third-order valence-corrected chi connectivity index (χ3v) is 4.45. The first-order chi connectivity index (χ1) is 11.7. The molecule has 1 amide bonds. The van der Waals surface area contributed by atoms with Gasteiger partial charge in [0.05, 0.1) is 17.4 Å². The topological polar surface area (TPSA) is 48.5 Å². The van der Waals surface area contributed by atoms with Gasteiger partial charge in [0, 0.05) is 38.1 Å². The molecule has 5 nitrogen and oxygen atoms in total. The molecule has 1 aromatic heterocycles. The molecule has 1 aromatic carbocycles. The number of anilines is 2. The van der Waals surface area contributed by atoms with Crippen molar-refractivity contribution in [3.63, 3.8) is 0 Å². The van der Waals surface area contributed by atoms with E-state index in [2.05, 4.69) is 35.2 Å². The summed E-state index contributed by atoms with van der Waals surface area (Å²) < 4.78 is 0. The smallest absolute Gasteiger partial charge is 0.255 e. The number of piperazine rings is 1. The fraction of sp³-hybridized carbons (Fsp3) is 0.368. The number of likely N-dealkylation sites (N-methyl/N-ethyl adjacent to an activating group) is 1. The second kappa shape index (κ2) is 7.45. The van der Waals surface area contributed by atoms with Gasteiger partial charge in [-0.15, -0.1) is 0 Å². The van der Waals surface area contributed by atoms with Crippen molar-refractivity contribution in [3.8, 4) is 0 Å². The largest absolute Gasteiger partial charge is 0.354 e. The first-order valence-electron chi connectivity index (χ1n) is 8.45. The second-order valence-electron chi connectivity index (χ2n) is 6.19. The van der Waals surface area contributed by atoms with E-state index in [-0.39, 0.29) is 5.91 Å². The molecular formula is C19H24N4O. The van der Waals surface area contributed by atoms with Crippen LogP contribution in [-0.2, 0) is 6.42 Å². The van der Waals surface area contributed by atoms with E-state index in [0.717, 1.165) is 44.0 Å². The van der Waals surface area contributed by atoms with Gasteiger partial charge >= 0.3 is 0 Å². The van der Waals surface area contributed by atoms with Crippen LogP contribution in [0, 0.1) is 0 Å². The normalized spacial score (nSPS) is 15.3. The molecule has 0 aliphatic carbocycles. The van der Waals surface area contributed by atoms with Crippen molar-refractivity contribution in [1.29, 1.82) is 0 Å². The Hall–Kier alpha value is -2.40. The highest BCUT2D eigenvalue weighted by atomic mass is 16.2. The highest BCUT2D eigenvalue weighted by molar-refractivity contribution is 5.95. The number of carbonyl (C=O) groups excluding carboxylic acids is 1. The predicted octanol–water partition coefficient (Wildman–Crippen LogP) is 2.78. The Morgan fingerprint density at radius 1 is 1.17 bits per heavy atom. The highest BCUT2D eigenvalue weighted by Crippen LogP contribution is 2.22. The molecule has 0 atom stereocenters. The summed E-state index contributed by atoms with van der Waals surface area (Å²) in [5, 5.41) is 3.39. The fourth-order valence-electron chi connectivity index (χ4n) is 2.92. The molecule has 0 spiro atoms. The molecule has 1 fully saturated rings. The van der Waals surface area contributed by atoms with Crippen molar-refractivity contribution < 1.29 is 4.79 Å². The Labute approximate surface area is 143 Å². The molecule has 0 unspecified atom stereocenters. The lowest BCUT2D eigenvalue weighted by Gasteiger charge is -2.32. The van der Waals surface area contributed by atoms with Crippen LogP contribution in [-0.4, -0.2) is 53.9 Å². The maximum Gasteiger partial charge on any atom is 0.255 e. The van der Waals surface area contributed by atoms with Crippen molar-refractivity contribution >= 4 is 17.3 Å². The summed E-state index contributed by atoms with van der Waals surface area (Å²) in [7, 11) is 2.08. The summed E-state index contributed by atoms with van der Waals surface area (Å²) in [6.45, 7) is 5.51. The van der Waals surface area contributed by atoms with Gasteiger partial charge in [0.2, 0.25) is 0 Å². The molecular weight excluding hydrogens is 300 g/mol. The zero-order valence-corrected chi connectivity index (χ0v) is 14.3. The van der Waals surface area contributed by atoms with Gasteiger partial charge in [0.1, 0.15) is 0 Å². The van der Waals surface area contributed by atoms with E-state index in [4.69, 9.17) is 0 Å². The number of carbonyl (C=O) groups is 1. The third kappa shape index (κ3) is 3.74. The predicted molar refractivity (Wildman–Crippen MR) is 96.7 cm³/mol. The standard InChI is InChI=1S/C19H24N4O/c1-3-15-6-4-5-7-18(15)21-17-12-16(13-20-14-17)19(24)23-10-8-22(2)9-11-23/h4-7,12-14,21H,3,8-11H2,1-2H3.